The Morgan fingerprint density at radius 1 is 1.00 bits per heavy atom. The highest BCUT2D eigenvalue weighted by Crippen LogP contribution is 2.23. The van der Waals surface area contributed by atoms with E-state index in [1.165, 1.54) is 25.1 Å². The van der Waals surface area contributed by atoms with Crippen molar-refractivity contribution in [2.24, 2.45) is 5.92 Å². The number of carbonyl (C=O) groups excluding carboxylic acids is 5. The molecule has 1 aliphatic rings. The van der Waals surface area contributed by atoms with Gasteiger partial charge < -0.3 is 15.4 Å². The van der Waals surface area contributed by atoms with Crippen molar-refractivity contribution in [3.8, 4) is 0 Å². The van der Waals surface area contributed by atoms with Crippen molar-refractivity contribution in [2.45, 2.75) is 13.3 Å². The number of carbonyl (C=O) groups is 5. The number of nitrogens with one attached hydrogen (secondary N) is 3. The van der Waals surface area contributed by atoms with Gasteiger partial charge in [0.2, 0.25) is 11.8 Å². The van der Waals surface area contributed by atoms with E-state index in [1.807, 2.05) is 0 Å². The maximum absolute atomic E-state index is 12.4. The van der Waals surface area contributed by atoms with Crippen molar-refractivity contribution in [3.63, 3.8) is 0 Å². The molecule has 10 nitrogen and oxygen atoms in total. The molecule has 3 N–H and O–H groups in total. The lowest BCUT2D eigenvalue weighted by atomic mass is 10.1. The summed E-state index contributed by atoms with van der Waals surface area (Å²) in [4.78, 5) is 60.0. The van der Waals surface area contributed by atoms with E-state index in [9.17, 15) is 24.0 Å². The molecule has 2 aromatic carbocycles. The molecule has 0 radical (unpaired) electrons. The van der Waals surface area contributed by atoms with Gasteiger partial charge in [-0.3, -0.25) is 34.4 Å². The zero-order chi connectivity index (χ0) is 24.8. The SMILES string of the molecule is CC(=O)Nc1ccc(NC(=O)COC(=O)[C@@H]2CC(=O)N(NC(=O)c3ccc(Cl)c(Cl)c3)C2)cc1. The highest BCUT2D eigenvalue weighted by atomic mass is 35.5. The van der Waals surface area contributed by atoms with E-state index < -0.39 is 36.2 Å². The van der Waals surface area contributed by atoms with Gasteiger partial charge in [-0.2, -0.15) is 0 Å². The maximum atomic E-state index is 12.4. The van der Waals surface area contributed by atoms with Crippen LogP contribution in [0.3, 0.4) is 0 Å². The lowest BCUT2D eigenvalue weighted by Crippen LogP contribution is -2.43. The summed E-state index contributed by atoms with van der Waals surface area (Å²) in [5.41, 5.74) is 3.62. The minimum absolute atomic E-state index is 0.100. The van der Waals surface area contributed by atoms with Gasteiger partial charge in [-0.05, 0) is 42.5 Å². The van der Waals surface area contributed by atoms with Crippen LogP contribution in [0.4, 0.5) is 11.4 Å². The fraction of sp³-hybridized carbons (Fsp3) is 0.227. The molecule has 1 saturated heterocycles. The number of amides is 4. The Labute approximate surface area is 204 Å². The maximum Gasteiger partial charge on any atom is 0.311 e. The minimum Gasteiger partial charge on any atom is -0.455 e. The zero-order valence-electron chi connectivity index (χ0n) is 17.9. The van der Waals surface area contributed by atoms with E-state index in [0.717, 1.165) is 5.01 Å². The summed E-state index contributed by atoms with van der Waals surface area (Å²) in [5.74, 6) is -3.44. The average molecular weight is 507 g/mol. The van der Waals surface area contributed by atoms with Crippen molar-refractivity contribution in [1.82, 2.24) is 10.4 Å². The Morgan fingerprint density at radius 3 is 2.26 bits per heavy atom. The summed E-state index contributed by atoms with van der Waals surface area (Å²) in [6.45, 7) is 0.730. The third-order valence-electron chi connectivity index (χ3n) is 4.71. The number of hydrazine groups is 1. The number of nitrogens with zero attached hydrogens (tertiary/aromatic N) is 1. The number of ether oxygens (including phenoxy) is 1. The van der Waals surface area contributed by atoms with Crippen LogP contribution in [0.15, 0.2) is 42.5 Å². The second-order valence-corrected chi connectivity index (χ2v) is 8.20. The summed E-state index contributed by atoms with van der Waals surface area (Å²) < 4.78 is 5.02. The molecule has 34 heavy (non-hydrogen) atoms. The number of hydrogen-bond acceptors (Lipinski definition) is 6. The molecular weight excluding hydrogens is 487 g/mol. The van der Waals surface area contributed by atoms with Crippen LogP contribution >= 0.6 is 23.2 Å². The molecule has 4 amide bonds. The molecule has 1 fully saturated rings. The van der Waals surface area contributed by atoms with Crippen LogP contribution in [0.5, 0.6) is 0 Å². The molecule has 1 atom stereocenters. The van der Waals surface area contributed by atoms with Crippen molar-refractivity contribution >= 4 is 64.2 Å². The van der Waals surface area contributed by atoms with Crippen LogP contribution in [0.25, 0.3) is 0 Å². The molecule has 0 spiro atoms. The lowest BCUT2D eigenvalue weighted by molar-refractivity contribution is -0.151. The molecule has 2 aromatic rings. The molecule has 3 rings (SSSR count). The Kier molecular flexibility index (Phi) is 8.08. The number of rotatable bonds is 7. The molecule has 12 heteroatoms. The highest BCUT2D eigenvalue weighted by Gasteiger charge is 2.36. The summed E-state index contributed by atoms with van der Waals surface area (Å²) in [6, 6.07) is 10.6. The monoisotopic (exact) mass is 506 g/mol. The van der Waals surface area contributed by atoms with Gasteiger partial charge >= 0.3 is 5.97 Å². The average Bonchev–Trinajstić information content (AvgIpc) is 3.15. The topological polar surface area (TPSA) is 134 Å². The smallest absolute Gasteiger partial charge is 0.311 e. The van der Waals surface area contributed by atoms with Crippen LogP contribution in [-0.4, -0.2) is 47.8 Å². The molecule has 0 bridgehead atoms. The molecule has 1 aliphatic heterocycles. The molecular formula is C22H20Cl2N4O6. The first kappa shape index (κ1) is 25.0. The van der Waals surface area contributed by atoms with Crippen molar-refractivity contribution < 1.29 is 28.7 Å². The predicted molar refractivity (Wildman–Crippen MR) is 124 cm³/mol. The van der Waals surface area contributed by atoms with Crippen molar-refractivity contribution in [2.75, 3.05) is 23.8 Å². The van der Waals surface area contributed by atoms with E-state index in [4.69, 9.17) is 27.9 Å². The number of hydrogen-bond donors (Lipinski definition) is 3. The van der Waals surface area contributed by atoms with E-state index in [1.54, 1.807) is 24.3 Å². The number of benzene rings is 2. The van der Waals surface area contributed by atoms with Crippen molar-refractivity contribution in [1.29, 1.82) is 0 Å². The Bertz CT molecular complexity index is 1140. The van der Waals surface area contributed by atoms with Crippen LogP contribution in [0, 0.1) is 5.92 Å². The predicted octanol–water partition coefficient (Wildman–Crippen LogP) is 2.63. The number of anilines is 2. The van der Waals surface area contributed by atoms with Gasteiger partial charge in [-0.1, -0.05) is 23.2 Å². The summed E-state index contributed by atoms with van der Waals surface area (Å²) in [6.07, 6.45) is -0.174. The van der Waals surface area contributed by atoms with Gasteiger partial charge in [-0.15, -0.1) is 0 Å². The van der Waals surface area contributed by atoms with Crippen LogP contribution in [0.2, 0.25) is 10.0 Å². The van der Waals surface area contributed by atoms with Crippen LogP contribution in [0.1, 0.15) is 23.7 Å². The number of halogens is 2. The van der Waals surface area contributed by atoms with Gasteiger partial charge in [-0.25, -0.2) is 0 Å². The van der Waals surface area contributed by atoms with Crippen LogP contribution in [-0.2, 0) is 23.9 Å². The normalized spacial score (nSPS) is 15.0. The first-order chi connectivity index (χ1) is 16.1. The summed E-state index contributed by atoms with van der Waals surface area (Å²) in [5, 5.41) is 6.64. The minimum atomic E-state index is -0.841. The third kappa shape index (κ3) is 6.69. The van der Waals surface area contributed by atoms with E-state index in [2.05, 4.69) is 16.1 Å². The fourth-order valence-corrected chi connectivity index (χ4v) is 3.39. The van der Waals surface area contributed by atoms with E-state index in [-0.39, 0.29) is 34.5 Å². The second-order valence-electron chi connectivity index (χ2n) is 7.39. The lowest BCUT2D eigenvalue weighted by Gasteiger charge is -2.17. The zero-order valence-corrected chi connectivity index (χ0v) is 19.4. The van der Waals surface area contributed by atoms with Gasteiger partial charge in [0.05, 0.1) is 22.5 Å². The summed E-state index contributed by atoms with van der Waals surface area (Å²) in [7, 11) is 0. The molecule has 178 valence electrons. The van der Waals surface area contributed by atoms with Crippen LogP contribution < -0.4 is 16.1 Å². The molecule has 0 aliphatic carbocycles. The quantitative estimate of drug-likeness (QED) is 0.494. The molecule has 0 aromatic heterocycles. The molecule has 0 saturated carbocycles. The standard InChI is InChI=1S/C22H20Cl2N4O6/c1-12(29)25-15-3-5-16(6-4-15)26-19(30)11-34-22(33)14-9-20(31)28(10-14)27-21(32)13-2-7-17(23)18(24)8-13/h2-8,14H,9-11H2,1H3,(H,25,29)(H,26,30)(H,27,32)/t14-/m1/s1. The Morgan fingerprint density at radius 2 is 1.65 bits per heavy atom. The van der Waals surface area contributed by atoms with E-state index >= 15 is 0 Å². The summed E-state index contributed by atoms with van der Waals surface area (Å²) >= 11 is 11.7. The highest BCUT2D eigenvalue weighted by molar-refractivity contribution is 6.42. The number of esters is 1. The third-order valence-corrected chi connectivity index (χ3v) is 5.45. The molecule has 1 heterocycles. The first-order valence-electron chi connectivity index (χ1n) is 10.0. The molecule has 0 unspecified atom stereocenters. The first-order valence-corrected chi connectivity index (χ1v) is 10.8. The van der Waals surface area contributed by atoms with E-state index in [0.29, 0.717) is 11.4 Å². The van der Waals surface area contributed by atoms with Crippen molar-refractivity contribution in [3.05, 3.63) is 58.1 Å². The Balaban J connectivity index is 1.46. The Hall–Kier alpha value is -3.63. The fourth-order valence-electron chi connectivity index (χ4n) is 3.09. The van der Waals surface area contributed by atoms with Gasteiger partial charge in [0.1, 0.15) is 0 Å². The van der Waals surface area contributed by atoms with Gasteiger partial charge in [0.15, 0.2) is 6.61 Å². The largest absolute Gasteiger partial charge is 0.455 e. The van der Waals surface area contributed by atoms with Gasteiger partial charge in [0, 0.05) is 30.3 Å². The second kappa shape index (κ2) is 11.0. The van der Waals surface area contributed by atoms with Gasteiger partial charge in [0.25, 0.3) is 11.8 Å².